The lowest BCUT2D eigenvalue weighted by atomic mass is 10.1. The van der Waals surface area contributed by atoms with E-state index in [2.05, 4.69) is 10.0 Å². The minimum atomic E-state index is -3.71. The summed E-state index contributed by atoms with van der Waals surface area (Å²) in [7, 11) is -2.16. The quantitative estimate of drug-likeness (QED) is 0.827. The Balaban J connectivity index is 2.23. The van der Waals surface area contributed by atoms with Crippen molar-refractivity contribution in [2.75, 3.05) is 12.4 Å². The molecule has 1 atom stereocenters. The van der Waals surface area contributed by atoms with Crippen LogP contribution in [0.2, 0.25) is 0 Å². The summed E-state index contributed by atoms with van der Waals surface area (Å²) in [5.74, 6) is 0.413. The fourth-order valence-electron chi connectivity index (χ4n) is 2.48. The lowest BCUT2D eigenvalue weighted by Crippen LogP contribution is -2.27. The number of nitrogens with one attached hydrogen (secondary N) is 2. The largest absolute Gasteiger partial charge is 0.496 e. The van der Waals surface area contributed by atoms with Gasteiger partial charge in [-0.05, 0) is 44.2 Å². The van der Waals surface area contributed by atoms with Crippen LogP contribution in [0.15, 0.2) is 47.4 Å². The number of anilines is 1. The molecule has 0 aromatic heterocycles. The molecule has 0 heterocycles. The molecule has 0 aliphatic carbocycles. The first-order valence-electron chi connectivity index (χ1n) is 7.77. The van der Waals surface area contributed by atoms with E-state index in [9.17, 15) is 13.2 Å². The van der Waals surface area contributed by atoms with E-state index in [-0.39, 0.29) is 10.8 Å². The first kappa shape index (κ1) is 19.0. The molecule has 0 saturated carbocycles. The number of methoxy groups -OCH3 is 1. The third-order valence-corrected chi connectivity index (χ3v) is 5.23. The van der Waals surface area contributed by atoms with Crippen LogP contribution in [0.4, 0.5) is 5.69 Å². The Hall–Kier alpha value is -2.38. The number of rotatable bonds is 6. The second-order valence-electron chi connectivity index (χ2n) is 5.79. The number of aryl methyl sites for hydroxylation is 1. The minimum Gasteiger partial charge on any atom is -0.496 e. The van der Waals surface area contributed by atoms with Crippen molar-refractivity contribution < 1.29 is 17.9 Å². The van der Waals surface area contributed by atoms with E-state index in [1.54, 1.807) is 26.2 Å². The van der Waals surface area contributed by atoms with Gasteiger partial charge < -0.3 is 10.1 Å². The van der Waals surface area contributed by atoms with E-state index in [4.69, 9.17) is 4.74 Å². The fraction of sp³-hybridized carbons (Fsp3) is 0.278. The molecule has 134 valence electrons. The first-order valence-corrected chi connectivity index (χ1v) is 9.26. The molecule has 2 rings (SSSR count). The number of benzene rings is 2. The molecule has 7 heteroatoms. The van der Waals surface area contributed by atoms with Gasteiger partial charge in [0.2, 0.25) is 15.9 Å². The lowest BCUT2D eigenvalue weighted by molar-refractivity contribution is -0.114. The number of hydrogen-bond donors (Lipinski definition) is 2. The van der Waals surface area contributed by atoms with Gasteiger partial charge in [0.05, 0.1) is 12.0 Å². The van der Waals surface area contributed by atoms with E-state index in [0.717, 1.165) is 11.1 Å². The molecular formula is C18H22N2O4S. The van der Waals surface area contributed by atoms with E-state index >= 15 is 0 Å². The molecule has 0 aliphatic rings. The van der Waals surface area contributed by atoms with Crippen LogP contribution in [0.25, 0.3) is 0 Å². The number of sulfonamides is 1. The molecule has 2 aromatic rings. The molecule has 0 radical (unpaired) electrons. The average Bonchev–Trinajstić information content (AvgIpc) is 2.54. The summed E-state index contributed by atoms with van der Waals surface area (Å²) in [6, 6.07) is 11.2. The molecular weight excluding hydrogens is 340 g/mol. The van der Waals surface area contributed by atoms with Crippen molar-refractivity contribution in [1.82, 2.24) is 4.72 Å². The molecule has 0 fully saturated rings. The Morgan fingerprint density at radius 2 is 1.76 bits per heavy atom. The van der Waals surface area contributed by atoms with Gasteiger partial charge in [-0.1, -0.05) is 17.7 Å². The number of carbonyl (C=O) groups is 1. The maximum atomic E-state index is 12.6. The summed E-state index contributed by atoms with van der Waals surface area (Å²) in [5.41, 5.74) is 2.32. The normalized spacial score (nSPS) is 12.5. The van der Waals surface area contributed by atoms with Gasteiger partial charge in [0.25, 0.3) is 0 Å². The van der Waals surface area contributed by atoms with Crippen LogP contribution in [-0.4, -0.2) is 21.4 Å². The number of carbonyl (C=O) groups excluding carboxylic acids is 1. The van der Waals surface area contributed by atoms with Crippen LogP contribution in [0.5, 0.6) is 5.75 Å². The van der Waals surface area contributed by atoms with Gasteiger partial charge in [0.1, 0.15) is 5.75 Å². The monoisotopic (exact) mass is 362 g/mol. The Bertz CT molecular complexity index is 861. The van der Waals surface area contributed by atoms with Crippen molar-refractivity contribution in [2.45, 2.75) is 31.7 Å². The highest BCUT2D eigenvalue weighted by Crippen LogP contribution is 2.27. The summed E-state index contributed by atoms with van der Waals surface area (Å²) >= 11 is 0. The van der Waals surface area contributed by atoms with Gasteiger partial charge in [0, 0.05) is 24.2 Å². The van der Waals surface area contributed by atoms with E-state index in [1.165, 1.54) is 19.1 Å². The fourth-order valence-corrected chi connectivity index (χ4v) is 3.70. The predicted molar refractivity (Wildman–Crippen MR) is 97.2 cm³/mol. The molecule has 0 saturated heterocycles. The van der Waals surface area contributed by atoms with Crippen LogP contribution in [0.1, 0.15) is 31.0 Å². The van der Waals surface area contributed by atoms with E-state index in [1.807, 2.05) is 25.1 Å². The van der Waals surface area contributed by atoms with Gasteiger partial charge in [-0.3, -0.25) is 4.79 Å². The second-order valence-corrected chi connectivity index (χ2v) is 7.51. The smallest absolute Gasteiger partial charge is 0.241 e. The zero-order valence-electron chi connectivity index (χ0n) is 14.7. The van der Waals surface area contributed by atoms with Crippen molar-refractivity contribution >= 4 is 21.6 Å². The molecule has 25 heavy (non-hydrogen) atoms. The SMILES string of the molecule is COc1ccc(C)cc1C(C)NS(=O)(=O)c1ccc(NC(C)=O)cc1. The van der Waals surface area contributed by atoms with Gasteiger partial charge in [-0.2, -0.15) is 0 Å². The first-order chi connectivity index (χ1) is 11.7. The van der Waals surface area contributed by atoms with E-state index in [0.29, 0.717) is 11.4 Å². The Morgan fingerprint density at radius 3 is 2.32 bits per heavy atom. The lowest BCUT2D eigenvalue weighted by Gasteiger charge is -2.18. The highest BCUT2D eigenvalue weighted by Gasteiger charge is 2.20. The maximum absolute atomic E-state index is 12.6. The van der Waals surface area contributed by atoms with Gasteiger partial charge in [0.15, 0.2) is 0 Å². The third-order valence-electron chi connectivity index (χ3n) is 3.67. The molecule has 1 amide bonds. The number of ether oxygens (including phenoxy) is 1. The molecule has 2 N–H and O–H groups in total. The summed E-state index contributed by atoms with van der Waals surface area (Å²) in [5, 5.41) is 2.60. The molecule has 1 unspecified atom stereocenters. The van der Waals surface area contributed by atoms with Crippen molar-refractivity contribution in [3.63, 3.8) is 0 Å². The van der Waals surface area contributed by atoms with Crippen molar-refractivity contribution in [2.24, 2.45) is 0 Å². The van der Waals surface area contributed by atoms with Crippen LogP contribution in [0.3, 0.4) is 0 Å². The molecule has 2 aromatic carbocycles. The Labute approximate surface area is 148 Å². The van der Waals surface area contributed by atoms with Gasteiger partial charge in [-0.15, -0.1) is 0 Å². The van der Waals surface area contributed by atoms with Crippen molar-refractivity contribution in [3.05, 3.63) is 53.6 Å². The van der Waals surface area contributed by atoms with Crippen molar-refractivity contribution in [1.29, 1.82) is 0 Å². The predicted octanol–water partition coefficient (Wildman–Crippen LogP) is 3.00. The van der Waals surface area contributed by atoms with Crippen molar-refractivity contribution in [3.8, 4) is 5.75 Å². The summed E-state index contributed by atoms with van der Waals surface area (Å²) in [6.07, 6.45) is 0. The van der Waals surface area contributed by atoms with Crippen LogP contribution in [0, 0.1) is 6.92 Å². The second kappa shape index (κ2) is 7.67. The molecule has 0 spiro atoms. The maximum Gasteiger partial charge on any atom is 0.241 e. The molecule has 0 bridgehead atoms. The van der Waals surface area contributed by atoms with Crippen LogP contribution >= 0.6 is 0 Å². The third kappa shape index (κ3) is 4.80. The van der Waals surface area contributed by atoms with Crippen LogP contribution in [-0.2, 0) is 14.8 Å². The summed E-state index contributed by atoms with van der Waals surface area (Å²) in [4.78, 5) is 11.2. The average molecular weight is 362 g/mol. The highest BCUT2D eigenvalue weighted by atomic mass is 32.2. The Morgan fingerprint density at radius 1 is 1.12 bits per heavy atom. The molecule has 0 aliphatic heterocycles. The van der Waals surface area contributed by atoms with Gasteiger partial charge in [-0.25, -0.2) is 13.1 Å². The van der Waals surface area contributed by atoms with E-state index < -0.39 is 16.1 Å². The zero-order chi connectivity index (χ0) is 18.6. The number of amides is 1. The summed E-state index contributed by atoms with van der Waals surface area (Å²) < 4.78 is 33.2. The van der Waals surface area contributed by atoms with Crippen LogP contribution < -0.4 is 14.8 Å². The van der Waals surface area contributed by atoms with Gasteiger partial charge >= 0.3 is 0 Å². The number of hydrogen-bond acceptors (Lipinski definition) is 4. The topological polar surface area (TPSA) is 84.5 Å². The standard InChI is InChI=1S/C18H22N2O4S/c1-12-5-10-18(24-4)17(11-12)13(2)20-25(22,23)16-8-6-15(7-9-16)19-14(3)21/h5-11,13,20H,1-4H3,(H,19,21). The summed E-state index contributed by atoms with van der Waals surface area (Å²) in [6.45, 7) is 5.09. The zero-order valence-corrected chi connectivity index (χ0v) is 15.5. The highest BCUT2D eigenvalue weighted by molar-refractivity contribution is 7.89. The Kier molecular flexibility index (Phi) is 5.81. The molecule has 6 nitrogen and oxygen atoms in total. The minimum absolute atomic E-state index is 0.125.